The van der Waals surface area contributed by atoms with Gasteiger partial charge in [0.15, 0.2) is 0 Å². The number of aromatic nitrogens is 2. The minimum Gasteiger partial charge on any atom is -0.321 e. The molecule has 0 saturated carbocycles. The molecule has 84 valence electrons. The molecule has 1 heterocycles. The minimum atomic E-state index is -0.267. The standard InChI is InChI=1S/C10H5BrN4OS/c11-8-3-7(2-1-6(8)4-12)14-10(16)9-5-13-15-17-9/h1-3,5H,(H,14,16). The first-order valence-corrected chi connectivity index (χ1v) is 6.05. The number of anilines is 1. The molecule has 2 aromatic rings. The van der Waals surface area contributed by atoms with Crippen molar-refractivity contribution in [2.75, 3.05) is 5.32 Å². The van der Waals surface area contributed by atoms with Crippen molar-refractivity contribution in [2.45, 2.75) is 0 Å². The maximum atomic E-state index is 11.7. The van der Waals surface area contributed by atoms with E-state index in [1.165, 1.54) is 6.20 Å². The molecule has 0 fully saturated rings. The molecule has 1 aromatic heterocycles. The van der Waals surface area contributed by atoms with Gasteiger partial charge in [-0.15, -0.1) is 5.10 Å². The second kappa shape index (κ2) is 5.03. The highest BCUT2D eigenvalue weighted by atomic mass is 79.9. The fourth-order valence-corrected chi connectivity index (χ4v) is 2.02. The molecule has 0 bridgehead atoms. The van der Waals surface area contributed by atoms with Crippen LogP contribution in [-0.2, 0) is 0 Å². The molecule has 0 radical (unpaired) electrons. The molecular weight excluding hydrogens is 304 g/mol. The summed E-state index contributed by atoms with van der Waals surface area (Å²) < 4.78 is 4.25. The zero-order valence-corrected chi connectivity index (χ0v) is 10.7. The Bertz CT molecular complexity index is 591. The van der Waals surface area contributed by atoms with E-state index in [-0.39, 0.29) is 5.91 Å². The van der Waals surface area contributed by atoms with E-state index >= 15 is 0 Å². The van der Waals surface area contributed by atoms with Gasteiger partial charge in [0.25, 0.3) is 5.91 Å². The molecule has 0 spiro atoms. The second-order valence-corrected chi connectivity index (χ2v) is 4.68. The molecule has 17 heavy (non-hydrogen) atoms. The highest BCUT2D eigenvalue weighted by Crippen LogP contribution is 2.21. The molecule has 0 unspecified atom stereocenters. The van der Waals surface area contributed by atoms with Crippen LogP contribution in [0.3, 0.4) is 0 Å². The van der Waals surface area contributed by atoms with Crippen molar-refractivity contribution in [3.8, 4) is 6.07 Å². The summed E-state index contributed by atoms with van der Waals surface area (Å²) in [7, 11) is 0. The van der Waals surface area contributed by atoms with E-state index in [0.29, 0.717) is 20.6 Å². The van der Waals surface area contributed by atoms with Crippen molar-refractivity contribution in [1.82, 2.24) is 9.59 Å². The Morgan fingerprint density at radius 2 is 2.35 bits per heavy atom. The molecule has 0 atom stereocenters. The summed E-state index contributed by atoms with van der Waals surface area (Å²) in [5.74, 6) is -0.267. The van der Waals surface area contributed by atoms with Crippen molar-refractivity contribution in [3.63, 3.8) is 0 Å². The Morgan fingerprint density at radius 3 is 2.94 bits per heavy atom. The second-order valence-electron chi connectivity index (χ2n) is 3.04. The van der Waals surface area contributed by atoms with Gasteiger partial charge in [-0.3, -0.25) is 4.79 Å². The van der Waals surface area contributed by atoms with Gasteiger partial charge in [-0.1, -0.05) is 4.49 Å². The smallest absolute Gasteiger partial charge is 0.269 e. The van der Waals surface area contributed by atoms with E-state index < -0.39 is 0 Å². The normalized spacial score (nSPS) is 9.65. The van der Waals surface area contributed by atoms with Gasteiger partial charge in [-0.25, -0.2) is 0 Å². The number of carbonyl (C=O) groups excluding carboxylic acids is 1. The van der Waals surface area contributed by atoms with Gasteiger partial charge in [0, 0.05) is 10.2 Å². The number of hydrogen-bond donors (Lipinski definition) is 1. The van der Waals surface area contributed by atoms with Crippen molar-refractivity contribution in [2.24, 2.45) is 0 Å². The highest BCUT2D eigenvalue weighted by Gasteiger charge is 2.09. The number of nitriles is 1. The first-order chi connectivity index (χ1) is 8.20. The number of nitrogens with zero attached hydrogens (tertiary/aromatic N) is 3. The predicted molar refractivity (Wildman–Crippen MR) is 66.7 cm³/mol. The van der Waals surface area contributed by atoms with Gasteiger partial charge in [0.05, 0.1) is 11.8 Å². The van der Waals surface area contributed by atoms with Crippen LogP contribution in [-0.4, -0.2) is 15.5 Å². The number of rotatable bonds is 2. The van der Waals surface area contributed by atoms with Crippen LogP contribution < -0.4 is 5.32 Å². The summed E-state index contributed by atoms with van der Waals surface area (Å²) in [5.41, 5.74) is 1.12. The van der Waals surface area contributed by atoms with Gasteiger partial charge >= 0.3 is 0 Å². The van der Waals surface area contributed by atoms with E-state index in [1.807, 2.05) is 6.07 Å². The van der Waals surface area contributed by atoms with Gasteiger partial charge in [0.1, 0.15) is 10.9 Å². The SMILES string of the molecule is N#Cc1ccc(NC(=O)c2cnns2)cc1Br. The van der Waals surface area contributed by atoms with Gasteiger partial charge in [-0.2, -0.15) is 5.26 Å². The van der Waals surface area contributed by atoms with Gasteiger partial charge < -0.3 is 5.32 Å². The van der Waals surface area contributed by atoms with E-state index in [4.69, 9.17) is 5.26 Å². The maximum absolute atomic E-state index is 11.7. The lowest BCUT2D eigenvalue weighted by molar-refractivity contribution is 0.103. The molecule has 5 nitrogen and oxygen atoms in total. The van der Waals surface area contributed by atoms with Crippen LogP contribution in [0.1, 0.15) is 15.2 Å². The Hall–Kier alpha value is -1.78. The summed E-state index contributed by atoms with van der Waals surface area (Å²) in [5, 5.41) is 15.0. The number of halogens is 1. The predicted octanol–water partition coefficient (Wildman–Crippen LogP) is 2.42. The maximum Gasteiger partial charge on any atom is 0.269 e. The quantitative estimate of drug-likeness (QED) is 0.924. The third-order valence-electron chi connectivity index (χ3n) is 1.93. The number of carbonyl (C=O) groups is 1. The summed E-state index contributed by atoms with van der Waals surface area (Å²) in [6.07, 6.45) is 1.40. The fraction of sp³-hybridized carbons (Fsp3) is 0. The minimum absolute atomic E-state index is 0.267. The lowest BCUT2D eigenvalue weighted by atomic mass is 10.2. The van der Waals surface area contributed by atoms with Crippen LogP contribution in [0.5, 0.6) is 0 Å². The zero-order valence-electron chi connectivity index (χ0n) is 8.35. The highest BCUT2D eigenvalue weighted by molar-refractivity contribution is 9.10. The Kier molecular flexibility index (Phi) is 3.46. The Balaban J connectivity index is 2.18. The van der Waals surface area contributed by atoms with E-state index in [9.17, 15) is 4.79 Å². The number of amides is 1. The molecule has 0 aliphatic carbocycles. The first kappa shape index (κ1) is 11.7. The summed E-state index contributed by atoms with van der Waals surface area (Å²) in [4.78, 5) is 12.1. The molecule has 2 rings (SSSR count). The third kappa shape index (κ3) is 2.67. The zero-order chi connectivity index (χ0) is 12.3. The molecule has 0 aliphatic heterocycles. The van der Waals surface area contributed by atoms with Crippen LogP contribution in [0.2, 0.25) is 0 Å². The van der Waals surface area contributed by atoms with Crippen molar-refractivity contribution in [3.05, 3.63) is 39.3 Å². The Morgan fingerprint density at radius 1 is 1.53 bits per heavy atom. The molecule has 0 aliphatic rings. The summed E-state index contributed by atoms with van der Waals surface area (Å²) in [6.45, 7) is 0. The number of nitrogens with one attached hydrogen (secondary N) is 1. The first-order valence-electron chi connectivity index (χ1n) is 4.49. The van der Waals surface area contributed by atoms with Gasteiger partial charge in [-0.05, 0) is 45.7 Å². The molecule has 1 aromatic carbocycles. The van der Waals surface area contributed by atoms with E-state index in [1.54, 1.807) is 18.2 Å². The molecule has 0 saturated heterocycles. The summed E-state index contributed by atoms with van der Waals surface area (Å²) in [6, 6.07) is 6.99. The lowest BCUT2D eigenvalue weighted by Crippen LogP contribution is -2.10. The van der Waals surface area contributed by atoms with E-state index in [2.05, 4.69) is 30.8 Å². The fourth-order valence-electron chi connectivity index (χ4n) is 1.14. The van der Waals surface area contributed by atoms with Crippen LogP contribution >= 0.6 is 27.5 Å². The molecule has 1 N–H and O–H groups in total. The van der Waals surface area contributed by atoms with Crippen LogP contribution in [0.25, 0.3) is 0 Å². The van der Waals surface area contributed by atoms with Crippen LogP contribution in [0.15, 0.2) is 28.9 Å². The topological polar surface area (TPSA) is 78.7 Å². The third-order valence-corrected chi connectivity index (χ3v) is 3.25. The Labute approximate surface area is 109 Å². The summed E-state index contributed by atoms with van der Waals surface area (Å²) >= 11 is 4.27. The monoisotopic (exact) mass is 308 g/mol. The largest absolute Gasteiger partial charge is 0.321 e. The number of hydrogen-bond acceptors (Lipinski definition) is 5. The molecular formula is C10H5BrN4OS. The van der Waals surface area contributed by atoms with Crippen molar-refractivity contribution >= 4 is 39.1 Å². The average molecular weight is 309 g/mol. The van der Waals surface area contributed by atoms with Gasteiger partial charge in [0.2, 0.25) is 0 Å². The number of benzene rings is 1. The van der Waals surface area contributed by atoms with Crippen LogP contribution in [0.4, 0.5) is 5.69 Å². The van der Waals surface area contributed by atoms with Crippen molar-refractivity contribution < 1.29 is 4.79 Å². The van der Waals surface area contributed by atoms with E-state index in [0.717, 1.165) is 11.5 Å². The average Bonchev–Trinajstić information content (AvgIpc) is 2.82. The molecule has 1 amide bonds. The van der Waals surface area contributed by atoms with Crippen LogP contribution in [0, 0.1) is 11.3 Å². The lowest BCUT2D eigenvalue weighted by Gasteiger charge is -2.04. The molecule has 7 heteroatoms. The van der Waals surface area contributed by atoms with Crippen molar-refractivity contribution in [1.29, 1.82) is 5.26 Å².